The first kappa shape index (κ1) is 13.7. The van der Waals surface area contributed by atoms with Crippen molar-refractivity contribution in [3.63, 3.8) is 0 Å². The Balaban J connectivity index is 1.92. The quantitative estimate of drug-likeness (QED) is 0.901. The summed E-state index contributed by atoms with van der Waals surface area (Å²) in [5.74, 6) is 1.14. The zero-order valence-corrected chi connectivity index (χ0v) is 12.3. The maximum Gasteiger partial charge on any atom is 0.118 e. The Morgan fingerprint density at radius 2 is 1.95 bits per heavy atom. The molecule has 1 N–H and O–H groups in total. The van der Waals surface area contributed by atoms with Crippen LogP contribution in [0.25, 0.3) is 6.08 Å². The lowest BCUT2D eigenvalue weighted by molar-refractivity contribution is -0.193. The highest BCUT2D eigenvalue weighted by atomic mass is 16.5. The molecule has 0 amide bonds. The van der Waals surface area contributed by atoms with Gasteiger partial charge in [-0.3, -0.25) is 0 Å². The molecule has 20 heavy (non-hydrogen) atoms. The summed E-state index contributed by atoms with van der Waals surface area (Å²) in [5.41, 5.74) is 2.03. The van der Waals surface area contributed by atoms with Crippen LogP contribution in [-0.2, 0) is 4.74 Å². The van der Waals surface area contributed by atoms with Crippen LogP contribution in [0.5, 0.6) is 5.75 Å². The highest BCUT2D eigenvalue weighted by Crippen LogP contribution is 2.47. The fourth-order valence-corrected chi connectivity index (χ4v) is 3.50. The fraction of sp³-hybridized carbons (Fsp3) is 0.529. The SMILES string of the molecule is COc1ccc(C=C2C(O)C3CCC2C(C)(C)O3)cc1. The smallest absolute Gasteiger partial charge is 0.118 e. The molecule has 0 radical (unpaired) electrons. The van der Waals surface area contributed by atoms with Crippen LogP contribution < -0.4 is 4.74 Å². The minimum Gasteiger partial charge on any atom is -0.497 e. The molecule has 1 saturated carbocycles. The van der Waals surface area contributed by atoms with E-state index in [0.29, 0.717) is 5.92 Å². The molecule has 2 heterocycles. The van der Waals surface area contributed by atoms with Gasteiger partial charge in [0, 0.05) is 5.92 Å². The molecule has 3 nitrogen and oxygen atoms in total. The highest BCUT2D eigenvalue weighted by Gasteiger charge is 2.49. The molecular formula is C17H22O3. The van der Waals surface area contributed by atoms with Crippen molar-refractivity contribution in [2.45, 2.75) is 44.5 Å². The zero-order chi connectivity index (χ0) is 14.3. The zero-order valence-electron chi connectivity index (χ0n) is 12.3. The van der Waals surface area contributed by atoms with Crippen LogP contribution in [0, 0.1) is 5.92 Å². The van der Waals surface area contributed by atoms with Gasteiger partial charge in [0.2, 0.25) is 0 Å². The topological polar surface area (TPSA) is 38.7 Å². The number of benzene rings is 1. The van der Waals surface area contributed by atoms with Gasteiger partial charge < -0.3 is 14.6 Å². The van der Waals surface area contributed by atoms with E-state index >= 15 is 0 Å². The Hall–Kier alpha value is -1.32. The second-order valence-electron chi connectivity index (χ2n) is 6.25. The van der Waals surface area contributed by atoms with Gasteiger partial charge in [0.15, 0.2) is 0 Å². The van der Waals surface area contributed by atoms with E-state index in [1.807, 2.05) is 24.3 Å². The van der Waals surface area contributed by atoms with E-state index in [1.54, 1.807) is 7.11 Å². The highest BCUT2D eigenvalue weighted by molar-refractivity contribution is 5.57. The Bertz CT molecular complexity index is 516. The van der Waals surface area contributed by atoms with Gasteiger partial charge in [0.1, 0.15) is 11.9 Å². The molecule has 3 unspecified atom stereocenters. The van der Waals surface area contributed by atoms with Crippen molar-refractivity contribution in [1.29, 1.82) is 0 Å². The molecule has 108 valence electrons. The number of hydrogen-bond acceptors (Lipinski definition) is 3. The van der Waals surface area contributed by atoms with Gasteiger partial charge in [-0.05, 0) is 50.0 Å². The normalized spacial score (nSPS) is 33.4. The Labute approximate surface area is 120 Å². The summed E-state index contributed by atoms with van der Waals surface area (Å²) >= 11 is 0. The van der Waals surface area contributed by atoms with Crippen molar-refractivity contribution < 1.29 is 14.6 Å². The first-order chi connectivity index (χ1) is 9.51. The largest absolute Gasteiger partial charge is 0.497 e. The van der Waals surface area contributed by atoms with Crippen molar-refractivity contribution in [3.8, 4) is 5.75 Å². The molecule has 4 rings (SSSR count). The molecule has 1 aromatic carbocycles. The second kappa shape index (κ2) is 4.90. The molecule has 3 fully saturated rings. The Morgan fingerprint density at radius 3 is 2.55 bits per heavy atom. The predicted octanol–water partition coefficient (Wildman–Crippen LogP) is 3.03. The third-order valence-corrected chi connectivity index (χ3v) is 4.58. The van der Waals surface area contributed by atoms with Gasteiger partial charge in [-0.2, -0.15) is 0 Å². The third-order valence-electron chi connectivity index (χ3n) is 4.58. The van der Waals surface area contributed by atoms with Gasteiger partial charge in [-0.25, -0.2) is 0 Å². The van der Waals surface area contributed by atoms with Crippen LogP contribution in [-0.4, -0.2) is 30.0 Å². The molecule has 1 aromatic rings. The van der Waals surface area contributed by atoms with E-state index in [9.17, 15) is 5.11 Å². The summed E-state index contributed by atoms with van der Waals surface area (Å²) in [5, 5.41) is 10.4. The molecule has 3 aliphatic rings. The number of fused-ring (bicyclic) bond motifs is 3. The number of methoxy groups -OCH3 is 1. The van der Waals surface area contributed by atoms with Gasteiger partial charge in [0.05, 0.1) is 18.8 Å². The summed E-state index contributed by atoms with van der Waals surface area (Å²) in [6.45, 7) is 4.25. The summed E-state index contributed by atoms with van der Waals surface area (Å²) in [6.07, 6.45) is 3.64. The van der Waals surface area contributed by atoms with E-state index < -0.39 is 6.10 Å². The molecule has 1 aliphatic carbocycles. The predicted molar refractivity (Wildman–Crippen MR) is 78.7 cm³/mol. The van der Waals surface area contributed by atoms with Crippen molar-refractivity contribution in [1.82, 2.24) is 0 Å². The van der Waals surface area contributed by atoms with E-state index in [2.05, 4.69) is 19.9 Å². The fourth-order valence-electron chi connectivity index (χ4n) is 3.50. The lowest BCUT2D eigenvalue weighted by Gasteiger charge is -2.52. The number of ether oxygens (including phenoxy) is 2. The minimum absolute atomic E-state index is 0.0560. The Kier molecular flexibility index (Phi) is 3.35. The number of aliphatic hydroxyl groups is 1. The second-order valence-corrected chi connectivity index (χ2v) is 6.25. The number of rotatable bonds is 2. The monoisotopic (exact) mass is 274 g/mol. The van der Waals surface area contributed by atoms with Crippen LogP contribution in [0.1, 0.15) is 32.3 Å². The van der Waals surface area contributed by atoms with Gasteiger partial charge in [0.25, 0.3) is 0 Å². The lowest BCUT2D eigenvalue weighted by Crippen LogP contribution is -2.55. The van der Waals surface area contributed by atoms with E-state index in [-0.39, 0.29) is 11.7 Å². The molecule has 0 spiro atoms. The van der Waals surface area contributed by atoms with Crippen molar-refractivity contribution >= 4 is 6.08 Å². The maximum absolute atomic E-state index is 10.4. The molecule has 2 aliphatic heterocycles. The van der Waals surface area contributed by atoms with E-state index in [0.717, 1.165) is 29.7 Å². The molecule has 3 heteroatoms. The van der Waals surface area contributed by atoms with E-state index in [1.165, 1.54) is 0 Å². The van der Waals surface area contributed by atoms with Crippen LogP contribution in [0.15, 0.2) is 29.8 Å². The van der Waals surface area contributed by atoms with Crippen LogP contribution >= 0.6 is 0 Å². The summed E-state index contributed by atoms with van der Waals surface area (Å²) in [6, 6.07) is 7.94. The maximum atomic E-state index is 10.4. The third kappa shape index (κ3) is 2.25. The molecule has 2 saturated heterocycles. The molecule has 3 atom stereocenters. The Morgan fingerprint density at radius 1 is 1.25 bits per heavy atom. The average molecular weight is 274 g/mol. The molecule has 2 bridgehead atoms. The minimum atomic E-state index is -0.469. The van der Waals surface area contributed by atoms with Crippen LogP contribution in [0.4, 0.5) is 0 Å². The van der Waals surface area contributed by atoms with Gasteiger partial charge in [-0.1, -0.05) is 18.2 Å². The first-order valence-corrected chi connectivity index (χ1v) is 7.22. The van der Waals surface area contributed by atoms with Crippen molar-refractivity contribution in [2.24, 2.45) is 5.92 Å². The van der Waals surface area contributed by atoms with Crippen LogP contribution in [0.2, 0.25) is 0 Å². The average Bonchev–Trinajstić information content (AvgIpc) is 2.43. The van der Waals surface area contributed by atoms with Gasteiger partial charge in [-0.15, -0.1) is 0 Å². The lowest BCUT2D eigenvalue weighted by atomic mass is 9.69. The molecule has 0 aromatic heterocycles. The summed E-state index contributed by atoms with van der Waals surface area (Å²) in [7, 11) is 1.66. The summed E-state index contributed by atoms with van der Waals surface area (Å²) in [4.78, 5) is 0. The molecular weight excluding hydrogens is 252 g/mol. The van der Waals surface area contributed by atoms with E-state index in [4.69, 9.17) is 9.47 Å². The standard InChI is InChI=1S/C17H22O3/c1-17(2)14-8-9-15(20-17)16(18)13(14)10-11-4-6-12(19-3)7-5-11/h4-7,10,14-16,18H,8-9H2,1-3H3. The number of aliphatic hydroxyl groups excluding tert-OH is 1. The van der Waals surface area contributed by atoms with Gasteiger partial charge >= 0.3 is 0 Å². The van der Waals surface area contributed by atoms with Crippen molar-refractivity contribution in [2.75, 3.05) is 7.11 Å². The first-order valence-electron chi connectivity index (χ1n) is 7.22. The number of hydrogen-bond donors (Lipinski definition) is 1. The van der Waals surface area contributed by atoms with Crippen molar-refractivity contribution in [3.05, 3.63) is 35.4 Å². The summed E-state index contributed by atoms with van der Waals surface area (Å²) < 4.78 is 11.2. The van der Waals surface area contributed by atoms with Crippen LogP contribution in [0.3, 0.4) is 0 Å².